The highest BCUT2D eigenvalue weighted by Gasteiger charge is 2.14. The smallest absolute Gasteiger partial charge is 0.306 e. The predicted molar refractivity (Wildman–Crippen MR) is 95.2 cm³/mol. The molecule has 1 heterocycles. The van der Waals surface area contributed by atoms with Crippen LogP contribution in [0.15, 0.2) is 23.6 Å². The molecule has 0 unspecified atom stereocenters. The zero-order valence-corrected chi connectivity index (χ0v) is 15.1. The highest BCUT2D eigenvalue weighted by Crippen LogP contribution is 2.34. The Morgan fingerprint density at radius 2 is 2.04 bits per heavy atom. The number of rotatable bonds is 8. The fourth-order valence-electron chi connectivity index (χ4n) is 2.05. The van der Waals surface area contributed by atoms with E-state index in [4.69, 9.17) is 14.2 Å². The summed E-state index contributed by atoms with van der Waals surface area (Å²) in [6, 6.07) is 5.40. The van der Waals surface area contributed by atoms with Gasteiger partial charge in [-0.25, -0.2) is 4.98 Å². The Morgan fingerprint density at radius 1 is 1.24 bits per heavy atom. The molecular formula is C17H20N2O5S. The molecule has 1 N–H and O–H groups in total. The summed E-state index contributed by atoms with van der Waals surface area (Å²) >= 11 is 1.27. The standard InChI is InChI=1S/C17H20N2O5S/c1-4-5-16(21)24-9-15(20)19-17-18-13(10-25-17)12-8-11(22-2)6-7-14(12)23-3/h6-8,10H,4-5,9H2,1-3H3,(H,18,19,20). The monoisotopic (exact) mass is 364 g/mol. The van der Waals surface area contributed by atoms with Crippen LogP contribution in [0.1, 0.15) is 19.8 Å². The molecule has 7 nitrogen and oxygen atoms in total. The van der Waals surface area contributed by atoms with E-state index in [1.807, 2.05) is 13.0 Å². The maximum absolute atomic E-state index is 11.8. The van der Waals surface area contributed by atoms with Crippen molar-refractivity contribution in [1.82, 2.24) is 4.98 Å². The minimum Gasteiger partial charge on any atom is -0.497 e. The first-order valence-corrected chi connectivity index (χ1v) is 8.58. The molecule has 0 saturated heterocycles. The molecule has 0 fully saturated rings. The van der Waals surface area contributed by atoms with Gasteiger partial charge in [0, 0.05) is 17.4 Å². The Balaban J connectivity index is 2.05. The molecule has 0 bridgehead atoms. The number of benzene rings is 1. The van der Waals surface area contributed by atoms with Crippen molar-refractivity contribution < 1.29 is 23.8 Å². The first-order chi connectivity index (χ1) is 12.1. The third kappa shape index (κ3) is 5.18. The van der Waals surface area contributed by atoms with E-state index in [0.717, 1.165) is 5.56 Å². The largest absolute Gasteiger partial charge is 0.497 e. The molecule has 1 aromatic carbocycles. The van der Waals surface area contributed by atoms with Gasteiger partial charge >= 0.3 is 5.97 Å². The second-order valence-corrected chi connectivity index (χ2v) is 5.92. The molecule has 8 heteroatoms. The summed E-state index contributed by atoms with van der Waals surface area (Å²) in [6.45, 7) is 1.54. The number of carbonyl (C=O) groups excluding carboxylic acids is 2. The van der Waals surface area contributed by atoms with E-state index in [2.05, 4.69) is 10.3 Å². The molecular weight excluding hydrogens is 344 g/mol. The Bertz CT molecular complexity index is 744. The van der Waals surface area contributed by atoms with E-state index in [0.29, 0.717) is 35.2 Å². The van der Waals surface area contributed by atoms with Crippen LogP contribution in [-0.2, 0) is 14.3 Å². The molecule has 2 rings (SSSR count). The van der Waals surface area contributed by atoms with Gasteiger partial charge in [0.15, 0.2) is 11.7 Å². The van der Waals surface area contributed by atoms with Crippen molar-refractivity contribution in [3.05, 3.63) is 23.6 Å². The van der Waals surface area contributed by atoms with E-state index < -0.39 is 11.9 Å². The Labute approximate surface area is 149 Å². The van der Waals surface area contributed by atoms with E-state index in [1.165, 1.54) is 11.3 Å². The fourth-order valence-corrected chi connectivity index (χ4v) is 2.77. The van der Waals surface area contributed by atoms with Crippen LogP contribution in [0.5, 0.6) is 11.5 Å². The maximum Gasteiger partial charge on any atom is 0.306 e. The lowest BCUT2D eigenvalue weighted by Crippen LogP contribution is -2.20. The summed E-state index contributed by atoms with van der Waals surface area (Å²) in [7, 11) is 3.16. The zero-order valence-electron chi connectivity index (χ0n) is 14.3. The Morgan fingerprint density at radius 3 is 2.72 bits per heavy atom. The third-order valence-electron chi connectivity index (χ3n) is 3.25. The maximum atomic E-state index is 11.8. The molecule has 2 aromatic rings. The van der Waals surface area contributed by atoms with Gasteiger partial charge in [0.25, 0.3) is 5.91 Å². The van der Waals surface area contributed by atoms with Crippen LogP contribution in [0.4, 0.5) is 5.13 Å². The van der Waals surface area contributed by atoms with E-state index in [-0.39, 0.29) is 6.61 Å². The fraction of sp³-hybridized carbons (Fsp3) is 0.353. The first kappa shape index (κ1) is 18.7. The molecule has 0 saturated carbocycles. The number of methoxy groups -OCH3 is 2. The lowest BCUT2D eigenvalue weighted by Gasteiger charge is -2.08. The lowest BCUT2D eigenvalue weighted by atomic mass is 10.1. The molecule has 25 heavy (non-hydrogen) atoms. The highest BCUT2D eigenvalue weighted by atomic mass is 32.1. The van der Waals surface area contributed by atoms with Gasteiger partial charge in [-0.3, -0.25) is 14.9 Å². The van der Waals surface area contributed by atoms with Crippen LogP contribution >= 0.6 is 11.3 Å². The lowest BCUT2D eigenvalue weighted by molar-refractivity contribution is -0.147. The van der Waals surface area contributed by atoms with Crippen molar-refractivity contribution in [2.24, 2.45) is 0 Å². The summed E-state index contributed by atoms with van der Waals surface area (Å²) in [5, 5.41) is 4.83. The van der Waals surface area contributed by atoms with Crippen LogP contribution < -0.4 is 14.8 Å². The summed E-state index contributed by atoms with van der Waals surface area (Å²) in [5.41, 5.74) is 1.41. The zero-order chi connectivity index (χ0) is 18.2. The molecule has 134 valence electrons. The number of hydrogen-bond donors (Lipinski definition) is 1. The number of esters is 1. The van der Waals surface area contributed by atoms with Crippen LogP contribution in [0, 0.1) is 0 Å². The number of aromatic nitrogens is 1. The molecule has 0 aliphatic heterocycles. The first-order valence-electron chi connectivity index (χ1n) is 7.70. The number of nitrogens with zero attached hydrogens (tertiary/aromatic N) is 1. The van der Waals surface area contributed by atoms with Crippen molar-refractivity contribution in [2.75, 3.05) is 26.1 Å². The number of ether oxygens (including phenoxy) is 3. The quantitative estimate of drug-likeness (QED) is 0.724. The van der Waals surface area contributed by atoms with Crippen molar-refractivity contribution in [3.63, 3.8) is 0 Å². The van der Waals surface area contributed by atoms with Crippen LogP contribution in [-0.4, -0.2) is 37.7 Å². The Kier molecular flexibility index (Phi) is 6.76. The van der Waals surface area contributed by atoms with Gasteiger partial charge in [-0.1, -0.05) is 6.92 Å². The summed E-state index contributed by atoms with van der Waals surface area (Å²) < 4.78 is 15.4. The number of nitrogens with one attached hydrogen (secondary N) is 1. The summed E-state index contributed by atoms with van der Waals surface area (Å²) in [5.74, 6) is 0.510. The van der Waals surface area contributed by atoms with Gasteiger partial charge in [-0.2, -0.15) is 0 Å². The summed E-state index contributed by atoms with van der Waals surface area (Å²) in [4.78, 5) is 27.5. The number of hydrogen-bond acceptors (Lipinski definition) is 7. The van der Waals surface area contributed by atoms with Gasteiger partial charge in [-0.05, 0) is 24.6 Å². The average molecular weight is 364 g/mol. The number of amides is 1. The normalized spacial score (nSPS) is 10.2. The topological polar surface area (TPSA) is 86.8 Å². The minimum absolute atomic E-state index is 0.296. The second-order valence-electron chi connectivity index (χ2n) is 5.06. The van der Waals surface area contributed by atoms with Crippen LogP contribution in [0.3, 0.4) is 0 Å². The minimum atomic E-state index is -0.428. The van der Waals surface area contributed by atoms with Gasteiger partial charge in [0.05, 0.1) is 19.9 Å². The van der Waals surface area contributed by atoms with E-state index in [9.17, 15) is 9.59 Å². The van der Waals surface area contributed by atoms with Gasteiger partial charge in [0.2, 0.25) is 0 Å². The van der Waals surface area contributed by atoms with Crippen molar-refractivity contribution in [1.29, 1.82) is 0 Å². The van der Waals surface area contributed by atoms with Crippen LogP contribution in [0.25, 0.3) is 11.3 Å². The van der Waals surface area contributed by atoms with Gasteiger partial charge in [0.1, 0.15) is 11.5 Å². The van der Waals surface area contributed by atoms with E-state index >= 15 is 0 Å². The average Bonchev–Trinajstić information content (AvgIpc) is 3.08. The predicted octanol–water partition coefficient (Wildman–Crippen LogP) is 3.11. The Hall–Kier alpha value is -2.61. The number of anilines is 1. The number of thiazole rings is 1. The molecule has 1 aromatic heterocycles. The molecule has 0 aliphatic carbocycles. The molecule has 0 atom stereocenters. The van der Waals surface area contributed by atoms with Crippen LogP contribution in [0.2, 0.25) is 0 Å². The third-order valence-corrected chi connectivity index (χ3v) is 4.01. The molecule has 1 amide bonds. The second kappa shape index (κ2) is 9.03. The SMILES string of the molecule is CCCC(=O)OCC(=O)Nc1nc(-c2cc(OC)ccc2OC)cs1. The van der Waals surface area contributed by atoms with Crippen molar-refractivity contribution in [2.45, 2.75) is 19.8 Å². The summed E-state index contributed by atoms with van der Waals surface area (Å²) in [6.07, 6.45) is 0.975. The number of carbonyl (C=O) groups is 2. The van der Waals surface area contributed by atoms with Crippen molar-refractivity contribution in [3.8, 4) is 22.8 Å². The molecule has 0 spiro atoms. The molecule has 0 radical (unpaired) electrons. The van der Waals surface area contributed by atoms with Gasteiger partial charge < -0.3 is 14.2 Å². The molecule has 0 aliphatic rings. The van der Waals surface area contributed by atoms with Gasteiger partial charge in [-0.15, -0.1) is 11.3 Å². The van der Waals surface area contributed by atoms with E-state index in [1.54, 1.807) is 31.7 Å². The highest BCUT2D eigenvalue weighted by molar-refractivity contribution is 7.14. The van der Waals surface area contributed by atoms with Crippen molar-refractivity contribution >= 4 is 28.3 Å².